The van der Waals surface area contributed by atoms with Crippen LogP contribution in [0.15, 0.2) is 12.1 Å². The third-order valence-corrected chi connectivity index (χ3v) is 3.07. The van der Waals surface area contributed by atoms with Gasteiger partial charge in [-0.2, -0.15) is 0 Å². The van der Waals surface area contributed by atoms with E-state index in [9.17, 15) is 9.50 Å². The van der Waals surface area contributed by atoms with Crippen LogP contribution in [-0.4, -0.2) is 18.2 Å². The van der Waals surface area contributed by atoms with Crippen molar-refractivity contribution in [2.24, 2.45) is 0 Å². The zero-order valence-electron chi connectivity index (χ0n) is 7.77. The van der Waals surface area contributed by atoms with Crippen LogP contribution in [0.2, 0.25) is 5.02 Å². The van der Waals surface area contributed by atoms with Crippen molar-refractivity contribution >= 4 is 11.6 Å². The third-order valence-electron chi connectivity index (χ3n) is 2.66. The molecule has 0 spiro atoms. The van der Waals surface area contributed by atoms with E-state index in [0.29, 0.717) is 29.2 Å². The lowest BCUT2D eigenvalue weighted by atomic mass is 9.87. The van der Waals surface area contributed by atoms with Gasteiger partial charge in [-0.15, -0.1) is 0 Å². The highest BCUT2D eigenvalue weighted by atomic mass is 35.5. The van der Waals surface area contributed by atoms with Gasteiger partial charge >= 0.3 is 0 Å². The monoisotopic (exact) mass is 215 g/mol. The minimum Gasteiger partial charge on any atom is -0.382 e. The van der Waals surface area contributed by atoms with Crippen molar-refractivity contribution in [3.8, 4) is 0 Å². The largest absolute Gasteiger partial charge is 0.382 e. The van der Waals surface area contributed by atoms with Crippen molar-refractivity contribution in [1.82, 2.24) is 5.32 Å². The Kier molecular flexibility index (Phi) is 2.26. The van der Waals surface area contributed by atoms with Gasteiger partial charge in [-0.1, -0.05) is 17.7 Å². The lowest BCUT2D eigenvalue weighted by Gasteiger charge is -2.38. The first-order valence-corrected chi connectivity index (χ1v) is 4.80. The lowest BCUT2D eigenvalue weighted by molar-refractivity contribution is -0.0177. The second-order valence-corrected chi connectivity index (χ2v) is 4.08. The van der Waals surface area contributed by atoms with Crippen LogP contribution in [0.4, 0.5) is 4.39 Å². The van der Waals surface area contributed by atoms with E-state index in [1.807, 2.05) is 0 Å². The van der Waals surface area contributed by atoms with Crippen LogP contribution in [0.25, 0.3) is 0 Å². The Labute approximate surface area is 86.7 Å². The van der Waals surface area contributed by atoms with Gasteiger partial charge in [0.15, 0.2) is 0 Å². The van der Waals surface area contributed by atoms with Gasteiger partial charge in [0.05, 0.1) is 0 Å². The first kappa shape index (κ1) is 9.90. The second kappa shape index (κ2) is 3.19. The summed E-state index contributed by atoms with van der Waals surface area (Å²) in [5, 5.41) is 13.2. The molecule has 2 N–H and O–H groups in total. The molecule has 0 unspecified atom stereocenters. The van der Waals surface area contributed by atoms with Gasteiger partial charge in [-0.3, -0.25) is 0 Å². The van der Waals surface area contributed by atoms with Gasteiger partial charge in [-0.25, -0.2) is 4.39 Å². The molecule has 1 fully saturated rings. The summed E-state index contributed by atoms with van der Waals surface area (Å²) in [5.74, 6) is -0.401. The van der Waals surface area contributed by atoms with Crippen molar-refractivity contribution in [3.05, 3.63) is 34.1 Å². The molecule has 0 radical (unpaired) electrons. The minimum atomic E-state index is -1.06. The molecular weight excluding hydrogens is 205 g/mol. The Morgan fingerprint density at radius 2 is 2.14 bits per heavy atom. The summed E-state index contributed by atoms with van der Waals surface area (Å²) in [7, 11) is 0. The Hall–Kier alpha value is -0.640. The number of β-amino-alcohol motifs (C(OH)–C–C–N with tert-alkyl or cyclic N) is 1. The maximum absolute atomic E-state index is 13.7. The number of halogens is 2. The lowest BCUT2D eigenvalue weighted by Crippen LogP contribution is -2.57. The summed E-state index contributed by atoms with van der Waals surface area (Å²) >= 11 is 5.76. The molecule has 0 saturated carbocycles. The molecule has 4 heteroatoms. The van der Waals surface area contributed by atoms with Gasteiger partial charge in [0, 0.05) is 29.2 Å². The number of hydrogen-bond acceptors (Lipinski definition) is 2. The van der Waals surface area contributed by atoms with Crippen molar-refractivity contribution in [2.75, 3.05) is 13.1 Å². The summed E-state index contributed by atoms with van der Waals surface area (Å²) in [6.45, 7) is 2.40. The van der Waals surface area contributed by atoms with Crippen LogP contribution in [0, 0.1) is 12.7 Å². The molecule has 1 saturated heterocycles. The molecule has 0 aliphatic carbocycles. The summed E-state index contributed by atoms with van der Waals surface area (Å²) in [5.41, 5.74) is -0.331. The van der Waals surface area contributed by atoms with Crippen LogP contribution in [-0.2, 0) is 5.60 Å². The Balaban J connectivity index is 2.49. The van der Waals surface area contributed by atoms with E-state index < -0.39 is 11.4 Å². The second-order valence-electron chi connectivity index (χ2n) is 3.67. The van der Waals surface area contributed by atoms with Gasteiger partial charge in [0.2, 0.25) is 0 Å². The zero-order chi connectivity index (χ0) is 10.3. The van der Waals surface area contributed by atoms with E-state index in [1.165, 1.54) is 0 Å². The molecule has 76 valence electrons. The summed E-state index contributed by atoms with van der Waals surface area (Å²) < 4.78 is 13.7. The van der Waals surface area contributed by atoms with Crippen LogP contribution < -0.4 is 5.32 Å². The molecule has 1 aliphatic rings. The maximum Gasteiger partial charge on any atom is 0.133 e. The van der Waals surface area contributed by atoms with E-state index in [2.05, 4.69) is 5.32 Å². The van der Waals surface area contributed by atoms with Crippen molar-refractivity contribution < 1.29 is 9.50 Å². The van der Waals surface area contributed by atoms with E-state index in [4.69, 9.17) is 11.6 Å². The summed E-state index contributed by atoms with van der Waals surface area (Å²) in [6, 6.07) is 3.16. The molecular formula is C10H11ClFNO. The standard InChI is InChI=1S/C10H11ClFNO/c1-6-8(11)3-2-7(9(6)12)10(14)4-13-5-10/h2-3,13-14H,4-5H2,1H3. The molecule has 1 heterocycles. The molecule has 2 nitrogen and oxygen atoms in total. The molecule has 1 aromatic carbocycles. The first-order valence-electron chi connectivity index (χ1n) is 4.43. The van der Waals surface area contributed by atoms with Gasteiger partial charge < -0.3 is 10.4 Å². The molecule has 1 aromatic rings. The fourth-order valence-corrected chi connectivity index (χ4v) is 1.72. The predicted octanol–water partition coefficient (Wildman–Crippen LogP) is 1.58. The van der Waals surface area contributed by atoms with E-state index in [1.54, 1.807) is 19.1 Å². The van der Waals surface area contributed by atoms with Crippen molar-refractivity contribution in [3.63, 3.8) is 0 Å². The molecule has 2 rings (SSSR count). The minimum absolute atomic E-state index is 0.332. The normalized spacial score (nSPS) is 19.1. The highest BCUT2D eigenvalue weighted by molar-refractivity contribution is 6.31. The van der Waals surface area contributed by atoms with Gasteiger partial charge in [0.25, 0.3) is 0 Å². The number of hydrogen-bond donors (Lipinski definition) is 2. The van der Waals surface area contributed by atoms with Crippen LogP contribution >= 0.6 is 11.6 Å². The maximum atomic E-state index is 13.7. The van der Waals surface area contributed by atoms with Crippen LogP contribution in [0.5, 0.6) is 0 Å². The molecule has 0 amide bonds. The Bertz CT molecular complexity index is 377. The van der Waals surface area contributed by atoms with E-state index in [-0.39, 0.29) is 0 Å². The molecule has 14 heavy (non-hydrogen) atoms. The van der Waals surface area contributed by atoms with Crippen LogP contribution in [0.1, 0.15) is 11.1 Å². The average Bonchev–Trinajstić information content (AvgIpc) is 2.11. The van der Waals surface area contributed by atoms with Gasteiger partial charge in [-0.05, 0) is 13.0 Å². The average molecular weight is 216 g/mol. The van der Waals surface area contributed by atoms with Crippen molar-refractivity contribution in [2.45, 2.75) is 12.5 Å². The predicted molar refractivity (Wildman–Crippen MR) is 52.9 cm³/mol. The van der Waals surface area contributed by atoms with E-state index in [0.717, 1.165) is 0 Å². The zero-order valence-corrected chi connectivity index (χ0v) is 8.53. The number of aliphatic hydroxyl groups is 1. The quantitative estimate of drug-likeness (QED) is 0.746. The summed E-state index contributed by atoms with van der Waals surface area (Å²) in [6.07, 6.45) is 0. The first-order chi connectivity index (χ1) is 6.54. The number of nitrogens with one attached hydrogen (secondary N) is 1. The topological polar surface area (TPSA) is 32.3 Å². The fourth-order valence-electron chi connectivity index (χ4n) is 1.57. The fraction of sp³-hybridized carbons (Fsp3) is 0.400. The highest BCUT2D eigenvalue weighted by Crippen LogP contribution is 2.31. The van der Waals surface area contributed by atoms with Gasteiger partial charge in [0.1, 0.15) is 11.4 Å². The van der Waals surface area contributed by atoms with Crippen molar-refractivity contribution in [1.29, 1.82) is 0 Å². The molecule has 1 aliphatic heterocycles. The molecule has 0 aromatic heterocycles. The number of rotatable bonds is 1. The number of benzene rings is 1. The Morgan fingerprint density at radius 3 is 2.64 bits per heavy atom. The Morgan fingerprint density at radius 1 is 1.50 bits per heavy atom. The highest BCUT2D eigenvalue weighted by Gasteiger charge is 2.38. The smallest absolute Gasteiger partial charge is 0.133 e. The molecule has 0 atom stereocenters. The third kappa shape index (κ3) is 1.32. The van der Waals surface area contributed by atoms with Crippen LogP contribution in [0.3, 0.4) is 0 Å². The van der Waals surface area contributed by atoms with E-state index >= 15 is 0 Å². The SMILES string of the molecule is Cc1c(Cl)ccc(C2(O)CNC2)c1F. The molecule has 0 bridgehead atoms. The summed E-state index contributed by atoms with van der Waals surface area (Å²) in [4.78, 5) is 0.